The minimum Gasteiger partial charge on any atom is -0.370 e. The van der Waals surface area contributed by atoms with Gasteiger partial charge in [0.15, 0.2) is 5.78 Å². The van der Waals surface area contributed by atoms with E-state index < -0.39 is 0 Å². The van der Waals surface area contributed by atoms with E-state index in [1.807, 2.05) is 12.1 Å². The highest BCUT2D eigenvalue weighted by Gasteiger charge is 2.31. The van der Waals surface area contributed by atoms with Gasteiger partial charge in [0, 0.05) is 18.8 Å². The second kappa shape index (κ2) is 9.17. The zero-order chi connectivity index (χ0) is 16.7. The highest BCUT2D eigenvalue weighted by Crippen LogP contribution is 2.35. The Balaban J connectivity index is 1.70. The topological polar surface area (TPSA) is 39.2 Å². The quantitative estimate of drug-likeness (QED) is 0.711. The molecule has 1 aromatic rings. The van der Waals surface area contributed by atoms with Crippen molar-refractivity contribution in [2.75, 3.05) is 6.61 Å². The molecule has 128 valence electrons. The summed E-state index contributed by atoms with van der Waals surface area (Å²) in [5, 5.41) is 0. The van der Waals surface area contributed by atoms with Gasteiger partial charge in [-0.05, 0) is 61.1 Å². The van der Waals surface area contributed by atoms with Crippen LogP contribution < -0.4 is 0 Å². The van der Waals surface area contributed by atoms with Gasteiger partial charge in [-0.2, -0.15) is 0 Å². The van der Waals surface area contributed by atoms with Gasteiger partial charge in [-0.3, -0.25) is 9.78 Å². The maximum atomic E-state index is 12.1. The van der Waals surface area contributed by atoms with Crippen molar-refractivity contribution in [1.82, 2.24) is 4.98 Å². The maximum absolute atomic E-state index is 12.1. The van der Waals surface area contributed by atoms with E-state index in [9.17, 15) is 4.79 Å². The Hall–Kier alpha value is -1.22. The molecule has 1 aliphatic rings. The second-order valence-electron chi connectivity index (χ2n) is 7.42. The molecule has 23 heavy (non-hydrogen) atoms. The van der Waals surface area contributed by atoms with E-state index in [0.29, 0.717) is 18.3 Å². The number of hydrogen-bond donors (Lipinski definition) is 0. The van der Waals surface area contributed by atoms with Crippen LogP contribution in [-0.2, 0) is 16.0 Å². The molecular weight excluding hydrogens is 286 g/mol. The third-order valence-electron chi connectivity index (χ3n) is 5.09. The van der Waals surface area contributed by atoms with E-state index >= 15 is 0 Å². The first-order valence-corrected chi connectivity index (χ1v) is 9.08. The average molecular weight is 317 g/mol. The van der Waals surface area contributed by atoms with Crippen molar-refractivity contribution >= 4 is 5.78 Å². The Labute approximate surface area is 140 Å². The monoisotopic (exact) mass is 317 g/mol. The van der Waals surface area contributed by atoms with Crippen LogP contribution in [0.15, 0.2) is 24.5 Å². The number of Topliss-reactive ketones (excluding diaryl/α,β-unsaturated/α-hetero) is 1. The zero-order valence-corrected chi connectivity index (χ0v) is 14.8. The van der Waals surface area contributed by atoms with Crippen molar-refractivity contribution in [3.8, 4) is 0 Å². The van der Waals surface area contributed by atoms with Crippen molar-refractivity contribution in [2.24, 2.45) is 17.8 Å². The van der Waals surface area contributed by atoms with Gasteiger partial charge in [-0.25, -0.2) is 0 Å². The molecular formula is C20H31NO2. The molecule has 0 bridgehead atoms. The van der Waals surface area contributed by atoms with Crippen molar-refractivity contribution in [3.63, 3.8) is 0 Å². The van der Waals surface area contributed by atoms with Gasteiger partial charge in [0.1, 0.15) is 6.61 Å². The summed E-state index contributed by atoms with van der Waals surface area (Å²) >= 11 is 0. The van der Waals surface area contributed by atoms with E-state index in [4.69, 9.17) is 4.74 Å². The number of carbonyl (C=O) groups excluding carboxylic acids is 1. The summed E-state index contributed by atoms with van der Waals surface area (Å²) in [6, 6.07) is 4.02. The summed E-state index contributed by atoms with van der Waals surface area (Å²) in [4.78, 5) is 16.1. The number of nitrogens with zero attached hydrogens (tertiary/aromatic N) is 1. The van der Waals surface area contributed by atoms with Crippen LogP contribution in [0.1, 0.15) is 58.4 Å². The molecule has 1 aliphatic carbocycles. The first-order chi connectivity index (χ1) is 11.1. The number of hydrogen-bond acceptors (Lipinski definition) is 3. The predicted molar refractivity (Wildman–Crippen MR) is 93.3 cm³/mol. The van der Waals surface area contributed by atoms with Crippen LogP contribution >= 0.6 is 0 Å². The van der Waals surface area contributed by atoms with Gasteiger partial charge >= 0.3 is 0 Å². The summed E-state index contributed by atoms with van der Waals surface area (Å²) in [5.41, 5.74) is 1.25. The molecule has 2 rings (SSSR count). The first-order valence-electron chi connectivity index (χ1n) is 9.08. The lowest BCUT2D eigenvalue weighted by Gasteiger charge is -2.37. The summed E-state index contributed by atoms with van der Waals surface area (Å²) in [6.45, 7) is 7.13. The Morgan fingerprint density at radius 2 is 2.04 bits per heavy atom. The molecule has 0 saturated heterocycles. The van der Waals surface area contributed by atoms with Gasteiger partial charge in [-0.1, -0.05) is 27.2 Å². The molecule has 0 spiro atoms. The molecule has 0 N–H and O–H groups in total. The lowest BCUT2D eigenvalue weighted by molar-refractivity contribution is -0.129. The molecule has 1 aromatic heterocycles. The standard InChI is InChI=1S/C20H31NO2/c1-15(2)19-8-7-16(3)13-20(19)23-14-18(22)6-4-5-17-9-11-21-12-10-17/h9-12,15-16,19-20H,4-8,13-14H2,1-3H3. The zero-order valence-electron chi connectivity index (χ0n) is 14.8. The maximum Gasteiger partial charge on any atom is 0.158 e. The van der Waals surface area contributed by atoms with Gasteiger partial charge < -0.3 is 4.74 Å². The molecule has 3 nitrogen and oxygen atoms in total. The minimum atomic E-state index is 0.236. The Kier molecular flexibility index (Phi) is 7.22. The molecule has 0 aromatic carbocycles. The first kappa shape index (κ1) is 18.1. The van der Waals surface area contributed by atoms with E-state index in [2.05, 4.69) is 25.8 Å². The normalized spacial score (nSPS) is 24.8. The Morgan fingerprint density at radius 3 is 2.74 bits per heavy atom. The molecule has 0 aliphatic heterocycles. The van der Waals surface area contributed by atoms with Crippen LogP contribution in [0.4, 0.5) is 0 Å². The van der Waals surface area contributed by atoms with Crippen molar-refractivity contribution in [2.45, 2.75) is 65.4 Å². The Bertz CT molecular complexity index is 472. The second-order valence-corrected chi connectivity index (χ2v) is 7.42. The van der Waals surface area contributed by atoms with E-state index in [-0.39, 0.29) is 18.5 Å². The SMILES string of the molecule is CC1CCC(C(C)C)C(OCC(=O)CCCc2ccncc2)C1. The molecule has 3 unspecified atom stereocenters. The van der Waals surface area contributed by atoms with Crippen molar-refractivity contribution in [3.05, 3.63) is 30.1 Å². The van der Waals surface area contributed by atoms with Gasteiger partial charge in [0.2, 0.25) is 0 Å². The Morgan fingerprint density at radius 1 is 1.30 bits per heavy atom. The fourth-order valence-corrected chi connectivity index (χ4v) is 3.62. The summed E-state index contributed by atoms with van der Waals surface area (Å²) in [5.74, 6) is 2.20. The number of carbonyl (C=O) groups is 1. The molecule has 1 heterocycles. The lowest BCUT2D eigenvalue weighted by Crippen LogP contribution is -2.35. The summed E-state index contributed by atoms with van der Waals surface area (Å²) in [7, 11) is 0. The number of rotatable bonds is 8. The summed E-state index contributed by atoms with van der Waals surface area (Å²) in [6.07, 6.45) is 9.94. The predicted octanol–water partition coefficient (Wildman–Crippen LogP) is 4.45. The van der Waals surface area contributed by atoms with E-state index in [1.165, 1.54) is 18.4 Å². The highest BCUT2D eigenvalue weighted by atomic mass is 16.5. The molecule has 0 amide bonds. The smallest absolute Gasteiger partial charge is 0.158 e. The van der Waals surface area contributed by atoms with Gasteiger partial charge in [0.25, 0.3) is 0 Å². The fraction of sp³-hybridized carbons (Fsp3) is 0.700. The molecule has 1 fully saturated rings. The number of aromatic nitrogens is 1. The van der Waals surface area contributed by atoms with E-state index in [0.717, 1.165) is 25.2 Å². The van der Waals surface area contributed by atoms with E-state index in [1.54, 1.807) is 12.4 Å². The van der Waals surface area contributed by atoms with Crippen LogP contribution in [0.25, 0.3) is 0 Å². The van der Waals surface area contributed by atoms with Crippen LogP contribution in [0.2, 0.25) is 0 Å². The average Bonchev–Trinajstić information content (AvgIpc) is 2.53. The van der Waals surface area contributed by atoms with Crippen LogP contribution in [-0.4, -0.2) is 23.5 Å². The third kappa shape index (κ3) is 6.06. The number of ether oxygens (including phenoxy) is 1. The molecule has 3 atom stereocenters. The number of aryl methyl sites for hydroxylation is 1. The van der Waals surface area contributed by atoms with Gasteiger partial charge in [-0.15, -0.1) is 0 Å². The van der Waals surface area contributed by atoms with Crippen LogP contribution in [0, 0.1) is 17.8 Å². The molecule has 3 heteroatoms. The molecule has 0 radical (unpaired) electrons. The van der Waals surface area contributed by atoms with Crippen LogP contribution in [0.3, 0.4) is 0 Å². The summed E-state index contributed by atoms with van der Waals surface area (Å²) < 4.78 is 6.03. The largest absolute Gasteiger partial charge is 0.370 e. The fourth-order valence-electron chi connectivity index (χ4n) is 3.62. The number of ketones is 1. The van der Waals surface area contributed by atoms with Crippen molar-refractivity contribution in [1.29, 1.82) is 0 Å². The van der Waals surface area contributed by atoms with Crippen LogP contribution in [0.5, 0.6) is 0 Å². The highest BCUT2D eigenvalue weighted by molar-refractivity contribution is 5.79. The molecule has 1 saturated carbocycles. The van der Waals surface area contributed by atoms with Gasteiger partial charge in [0.05, 0.1) is 6.10 Å². The third-order valence-corrected chi connectivity index (χ3v) is 5.09. The lowest BCUT2D eigenvalue weighted by atomic mass is 9.75. The van der Waals surface area contributed by atoms with Crippen molar-refractivity contribution < 1.29 is 9.53 Å². The minimum absolute atomic E-state index is 0.236. The number of pyridine rings is 1.